The number of piperidine rings is 1. The molecule has 0 saturated carbocycles. The van der Waals surface area contributed by atoms with Crippen LogP contribution in [0.15, 0.2) is 0 Å². The van der Waals surface area contributed by atoms with Crippen molar-refractivity contribution >= 4 is 11.9 Å². The normalized spacial score (nSPS) is 24.5. The van der Waals surface area contributed by atoms with Crippen LogP contribution in [-0.4, -0.2) is 67.0 Å². The molecule has 0 unspecified atom stereocenters. The first-order valence-electron chi connectivity index (χ1n) is 8.45. The van der Waals surface area contributed by atoms with E-state index in [0.29, 0.717) is 12.5 Å². The molecule has 2 rings (SSSR count). The quantitative estimate of drug-likeness (QED) is 0.550. The highest BCUT2D eigenvalue weighted by molar-refractivity contribution is 5.80. The van der Waals surface area contributed by atoms with E-state index in [-0.39, 0.29) is 17.9 Å². The molecule has 6 nitrogen and oxygen atoms in total. The fraction of sp³-hybridized carbons (Fsp3) is 0.875. The van der Waals surface area contributed by atoms with Crippen LogP contribution in [0.4, 0.5) is 0 Å². The Hall–Kier alpha value is -1.14. The fourth-order valence-electron chi connectivity index (χ4n) is 3.60. The zero-order valence-corrected chi connectivity index (χ0v) is 13.6. The number of esters is 1. The summed E-state index contributed by atoms with van der Waals surface area (Å²) in [4.78, 5) is 26.9. The molecule has 126 valence electrons. The highest BCUT2D eigenvalue weighted by Gasteiger charge is 2.31. The van der Waals surface area contributed by atoms with Gasteiger partial charge in [0.15, 0.2) is 0 Å². The van der Waals surface area contributed by atoms with Gasteiger partial charge < -0.3 is 15.4 Å². The van der Waals surface area contributed by atoms with Gasteiger partial charge in [0.25, 0.3) is 0 Å². The second-order valence-corrected chi connectivity index (χ2v) is 6.53. The van der Waals surface area contributed by atoms with Gasteiger partial charge in [-0.1, -0.05) is 0 Å². The smallest absolute Gasteiger partial charge is 0.302 e. The molecule has 1 amide bonds. The second-order valence-electron chi connectivity index (χ2n) is 6.53. The van der Waals surface area contributed by atoms with E-state index in [1.807, 2.05) is 0 Å². The van der Waals surface area contributed by atoms with Crippen LogP contribution >= 0.6 is 0 Å². The summed E-state index contributed by atoms with van der Waals surface area (Å²) in [5, 5.41) is 0. The molecular weight excluding hydrogens is 282 g/mol. The van der Waals surface area contributed by atoms with Crippen molar-refractivity contribution in [2.24, 2.45) is 11.7 Å². The molecule has 2 aliphatic rings. The van der Waals surface area contributed by atoms with Gasteiger partial charge in [0.2, 0.25) is 5.91 Å². The van der Waals surface area contributed by atoms with Crippen LogP contribution in [0, 0.1) is 5.92 Å². The maximum absolute atomic E-state index is 11.4. The molecular formula is C16H29N3O3. The van der Waals surface area contributed by atoms with Gasteiger partial charge in [0.1, 0.15) is 0 Å². The monoisotopic (exact) mass is 311 g/mol. The van der Waals surface area contributed by atoms with E-state index in [9.17, 15) is 9.59 Å². The van der Waals surface area contributed by atoms with Crippen LogP contribution in [0.3, 0.4) is 0 Å². The molecule has 2 heterocycles. The highest BCUT2D eigenvalue weighted by Crippen LogP contribution is 2.23. The SMILES string of the molecule is CC(=O)OCCCN1CCC(CN2CCC[C@H]2C(N)=O)CC1. The lowest BCUT2D eigenvalue weighted by Gasteiger charge is -2.34. The Bertz CT molecular complexity index is 381. The van der Waals surface area contributed by atoms with Crippen LogP contribution < -0.4 is 5.73 Å². The lowest BCUT2D eigenvalue weighted by molar-refractivity contribution is -0.141. The van der Waals surface area contributed by atoms with E-state index in [0.717, 1.165) is 52.0 Å². The third-order valence-electron chi connectivity index (χ3n) is 4.82. The molecule has 0 aliphatic carbocycles. The Morgan fingerprint density at radius 1 is 1.18 bits per heavy atom. The second kappa shape index (κ2) is 8.48. The molecule has 6 heteroatoms. The van der Waals surface area contributed by atoms with E-state index >= 15 is 0 Å². The average molecular weight is 311 g/mol. The minimum atomic E-state index is -0.201. The van der Waals surface area contributed by atoms with Gasteiger partial charge in [-0.3, -0.25) is 14.5 Å². The number of carbonyl (C=O) groups is 2. The Morgan fingerprint density at radius 3 is 2.55 bits per heavy atom. The first kappa shape index (κ1) is 17.2. The van der Waals surface area contributed by atoms with Crippen molar-refractivity contribution < 1.29 is 14.3 Å². The Kier molecular flexibility index (Phi) is 6.64. The molecule has 0 bridgehead atoms. The molecule has 0 aromatic rings. The number of nitrogens with zero attached hydrogens (tertiary/aromatic N) is 2. The van der Waals surface area contributed by atoms with Crippen molar-refractivity contribution in [3.63, 3.8) is 0 Å². The van der Waals surface area contributed by atoms with Gasteiger partial charge in [-0.15, -0.1) is 0 Å². The van der Waals surface area contributed by atoms with E-state index in [1.165, 1.54) is 19.8 Å². The summed E-state index contributed by atoms with van der Waals surface area (Å²) in [5.41, 5.74) is 5.48. The maximum atomic E-state index is 11.4. The van der Waals surface area contributed by atoms with Crippen molar-refractivity contribution in [3.05, 3.63) is 0 Å². The average Bonchev–Trinajstić information content (AvgIpc) is 2.93. The van der Waals surface area contributed by atoms with Gasteiger partial charge in [0, 0.05) is 20.0 Å². The third-order valence-corrected chi connectivity index (χ3v) is 4.82. The zero-order chi connectivity index (χ0) is 15.9. The molecule has 22 heavy (non-hydrogen) atoms. The summed E-state index contributed by atoms with van der Waals surface area (Å²) in [6.45, 7) is 7.17. The molecule has 2 N–H and O–H groups in total. The minimum absolute atomic E-state index is 0.0400. The lowest BCUT2D eigenvalue weighted by atomic mass is 9.95. The third kappa shape index (κ3) is 5.25. The number of likely N-dealkylation sites (tertiary alicyclic amines) is 2. The number of hydrogen-bond donors (Lipinski definition) is 1. The molecule has 2 aliphatic heterocycles. The van der Waals surface area contributed by atoms with Gasteiger partial charge >= 0.3 is 5.97 Å². The summed E-state index contributed by atoms with van der Waals surface area (Å²) in [6, 6.07) is -0.0400. The van der Waals surface area contributed by atoms with Crippen LogP contribution in [-0.2, 0) is 14.3 Å². The van der Waals surface area contributed by atoms with Gasteiger partial charge in [0.05, 0.1) is 12.6 Å². The van der Waals surface area contributed by atoms with Crippen molar-refractivity contribution in [1.82, 2.24) is 9.80 Å². The highest BCUT2D eigenvalue weighted by atomic mass is 16.5. The summed E-state index contributed by atoms with van der Waals surface area (Å²) in [6.07, 6.45) is 5.26. The molecule has 0 aromatic carbocycles. The number of primary amides is 1. The summed E-state index contributed by atoms with van der Waals surface area (Å²) in [5.74, 6) is 0.304. The molecule has 0 spiro atoms. The number of carbonyl (C=O) groups excluding carboxylic acids is 2. The summed E-state index contributed by atoms with van der Waals surface area (Å²) < 4.78 is 4.96. The van der Waals surface area contributed by atoms with Crippen molar-refractivity contribution in [1.29, 1.82) is 0 Å². The van der Waals surface area contributed by atoms with Gasteiger partial charge in [-0.05, 0) is 57.7 Å². The van der Waals surface area contributed by atoms with Crippen LogP contribution in [0.25, 0.3) is 0 Å². The van der Waals surface area contributed by atoms with E-state index in [4.69, 9.17) is 10.5 Å². The van der Waals surface area contributed by atoms with Crippen molar-refractivity contribution in [3.8, 4) is 0 Å². The maximum Gasteiger partial charge on any atom is 0.302 e. The number of amides is 1. The van der Waals surface area contributed by atoms with Gasteiger partial charge in [-0.2, -0.15) is 0 Å². The Labute approximate surface area is 132 Å². The first-order chi connectivity index (χ1) is 10.6. The number of nitrogens with two attached hydrogens (primary N) is 1. The molecule has 0 aromatic heterocycles. The number of hydrogen-bond acceptors (Lipinski definition) is 5. The van der Waals surface area contributed by atoms with Crippen LogP contribution in [0.5, 0.6) is 0 Å². The molecule has 0 radical (unpaired) electrons. The first-order valence-corrected chi connectivity index (χ1v) is 8.45. The molecule has 2 fully saturated rings. The Morgan fingerprint density at radius 2 is 1.91 bits per heavy atom. The summed E-state index contributed by atoms with van der Waals surface area (Å²) in [7, 11) is 0. The van der Waals surface area contributed by atoms with Crippen molar-refractivity contribution in [2.75, 3.05) is 39.3 Å². The zero-order valence-electron chi connectivity index (χ0n) is 13.6. The van der Waals surface area contributed by atoms with Crippen molar-refractivity contribution in [2.45, 2.75) is 45.1 Å². The van der Waals surface area contributed by atoms with E-state index in [1.54, 1.807) is 0 Å². The predicted molar refractivity (Wildman–Crippen MR) is 84.2 cm³/mol. The Balaban J connectivity index is 1.62. The molecule has 2 saturated heterocycles. The topological polar surface area (TPSA) is 75.9 Å². The predicted octanol–water partition coefficient (Wildman–Crippen LogP) is 0.601. The number of ether oxygens (including phenoxy) is 1. The standard InChI is InChI=1S/C16H29N3O3/c1-13(20)22-11-3-7-18-9-5-14(6-10-18)12-19-8-2-4-15(19)16(17)21/h14-15H,2-12H2,1H3,(H2,17,21)/t15-/m0/s1. The van der Waals surface area contributed by atoms with Crippen LogP contribution in [0.2, 0.25) is 0 Å². The van der Waals surface area contributed by atoms with E-state index < -0.39 is 0 Å². The number of rotatable bonds is 7. The lowest BCUT2D eigenvalue weighted by Crippen LogP contribution is -2.44. The fourth-order valence-corrected chi connectivity index (χ4v) is 3.60. The van der Waals surface area contributed by atoms with E-state index in [2.05, 4.69) is 9.80 Å². The minimum Gasteiger partial charge on any atom is -0.466 e. The summed E-state index contributed by atoms with van der Waals surface area (Å²) >= 11 is 0. The largest absolute Gasteiger partial charge is 0.466 e. The van der Waals surface area contributed by atoms with Gasteiger partial charge in [-0.25, -0.2) is 0 Å². The van der Waals surface area contributed by atoms with Crippen LogP contribution in [0.1, 0.15) is 39.0 Å². The molecule has 1 atom stereocenters.